The highest BCUT2D eigenvalue weighted by Crippen LogP contribution is 2.31. The molecule has 29 heavy (non-hydrogen) atoms. The Hall–Kier alpha value is -2.29. The van der Waals surface area contributed by atoms with Gasteiger partial charge in [0.2, 0.25) is 11.8 Å². The SMILES string of the molecule is COc1ccc(S(=O)(=O)N2C(=O)CC[C@H]2C(=O)Nc2ccc(Cl)c(Cl)c2)cc1C. The van der Waals surface area contributed by atoms with Gasteiger partial charge in [-0.15, -0.1) is 0 Å². The molecule has 1 N–H and O–H groups in total. The third kappa shape index (κ3) is 4.19. The molecule has 0 unspecified atom stereocenters. The van der Waals surface area contributed by atoms with Crippen LogP contribution in [0.25, 0.3) is 0 Å². The topological polar surface area (TPSA) is 92.8 Å². The van der Waals surface area contributed by atoms with Crippen LogP contribution >= 0.6 is 23.2 Å². The van der Waals surface area contributed by atoms with Crippen molar-refractivity contribution in [2.45, 2.75) is 30.7 Å². The van der Waals surface area contributed by atoms with Gasteiger partial charge in [-0.05, 0) is 55.3 Å². The van der Waals surface area contributed by atoms with Crippen molar-refractivity contribution in [2.24, 2.45) is 0 Å². The number of sulfonamides is 1. The molecule has 0 aliphatic carbocycles. The zero-order valence-electron chi connectivity index (χ0n) is 15.6. The van der Waals surface area contributed by atoms with Crippen LogP contribution in [0.15, 0.2) is 41.3 Å². The average Bonchev–Trinajstić information content (AvgIpc) is 3.07. The molecule has 2 aromatic rings. The van der Waals surface area contributed by atoms with Crippen molar-refractivity contribution in [3.8, 4) is 5.75 Å². The molecule has 0 spiro atoms. The number of carbonyl (C=O) groups is 2. The number of anilines is 1. The fourth-order valence-corrected chi connectivity index (χ4v) is 5.11. The smallest absolute Gasteiger partial charge is 0.267 e. The quantitative estimate of drug-likeness (QED) is 0.741. The Kier molecular flexibility index (Phi) is 6.07. The maximum Gasteiger partial charge on any atom is 0.267 e. The minimum Gasteiger partial charge on any atom is -0.496 e. The number of rotatable bonds is 5. The van der Waals surface area contributed by atoms with Gasteiger partial charge in [-0.2, -0.15) is 0 Å². The van der Waals surface area contributed by atoms with Gasteiger partial charge in [-0.25, -0.2) is 12.7 Å². The van der Waals surface area contributed by atoms with E-state index in [2.05, 4.69) is 5.32 Å². The number of carbonyl (C=O) groups excluding carboxylic acids is 2. The maximum absolute atomic E-state index is 13.1. The third-order valence-electron chi connectivity index (χ3n) is 4.57. The molecule has 1 fully saturated rings. The average molecular weight is 457 g/mol. The lowest BCUT2D eigenvalue weighted by molar-refractivity contribution is -0.128. The summed E-state index contributed by atoms with van der Waals surface area (Å²) in [4.78, 5) is 25.0. The van der Waals surface area contributed by atoms with Crippen molar-refractivity contribution in [1.82, 2.24) is 4.31 Å². The molecule has 10 heteroatoms. The number of hydrogen-bond acceptors (Lipinski definition) is 5. The summed E-state index contributed by atoms with van der Waals surface area (Å²) in [6.07, 6.45) is 0.0359. The van der Waals surface area contributed by atoms with E-state index in [1.54, 1.807) is 6.92 Å². The van der Waals surface area contributed by atoms with Crippen LogP contribution in [0.4, 0.5) is 5.69 Å². The molecular weight excluding hydrogens is 439 g/mol. The molecule has 0 bridgehead atoms. The molecule has 154 valence electrons. The number of nitrogens with one attached hydrogen (secondary N) is 1. The Bertz CT molecular complexity index is 1090. The summed E-state index contributed by atoms with van der Waals surface area (Å²) in [6, 6.07) is 7.60. The van der Waals surface area contributed by atoms with Crippen LogP contribution in [0, 0.1) is 6.92 Å². The van der Waals surface area contributed by atoms with Crippen LogP contribution in [0.3, 0.4) is 0 Å². The lowest BCUT2D eigenvalue weighted by Gasteiger charge is -2.24. The normalized spacial score (nSPS) is 16.8. The Morgan fingerprint density at radius 2 is 1.90 bits per heavy atom. The van der Waals surface area contributed by atoms with E-state index in [-0.39, 0.29) is 22.8 Å². The van der Waals surface area contributed by atoms with Crippen LogP contribution in [-0.2, 0) is 19.6 Å². The number of ether oxygens (including phenoxy) is 1. The number of nitrogens with zero attached hydrogens (tertiary/aromatic N) is 1. The van der Waals surface area contributed by atoms with Crippen LogP contribution in [0.2, 0.25) is 10.0 Å². The Labute approximate surface area is 178 Å². The molecule has 1 aliphatic rings. The first-order valence-corrected chi connectivity index (χ1v) is 10.8. The molecule has 2 amide bonds. The second kappa shape index (κ2) is 8.22. The first-order chi connectivity index (χ1) is 13.6. The number of methoxy groups -OCH3 is 1. The predicted octanol–water partition coefficient (Wildman–Crippen LogP) is 3.63. The van der Waals surface area contributed by atoms with Gasteiger partial charge in [-0.3, -0.25) is 9.59 Å². The highest BCUT2D eigenvalue weighted by atomic mass is 35.5. The summed E-state index contributed by atoms with van der Waals surface area (Å²) in [7, 11) is -2.74. The molecular formula is C19H18Cl2N2O5S. The van der Waals surface area contributed by atoms with E-state index in [1.165, 1.54) is 43.5 Å². The van der Waals surface area contributed by atoms with E-state index < -0.39 is 27.9 Å². The summed E-state index contributed by atoms with van der Waals surface area (Å²) < 4.78 is 32.0. The molecule has 1 heterocycles. The fourth-order valence-electron chi connectivity index (χ4n) is 3.12. The molecule has 0 saturated carbocycles. The van der Waals surface area contributed by atoms with Crippen molar-refractivity contribution in [3.05, 3.63) is 52.0 Å². The standard InChI is InChI=1S/C19H18Cl2N2O5S/c1-11-9-13(4-7-17(11)28-2)29(26,27)23-16(6-8-18(23)24)19(25)22-12-3-5-14(20)15(21)10-12/h3-5,7,9-10,16H,6,8H2,1-2H3,(H,22,25)/t16-/m0/s1. The lowest BCUT2D eigenvalue weighted by Crippen LogP contribution is -2.45. The number of amides is 2. The largest absolute Gasteiger partial charge is 0.496 e. The van der Waals surface area contributed by atoms with E-state index in [9.17, 15) is 18.0 Å². The highest BCUT2D eigenvalue weighted by Gasteiger charge is 2.44. The van der Waals surface area contributed by atoms with Gasteiger partial charge in [0.15, 0.2) is 0 Å². The number of benzene rings is 2. The van der Waals surface area contributed by atoms with Gasteiger partial charge in [0.1, 0.15) is 11.8 Å². The van der Waals surface area contributed by atoms with Crippen LogP contribution < -0.4 is 10.1 Å². The molecule has 7 nitrogen and oxygen atoms in total. The predicted molar refractivity (Wildman–Crippen MR) is 110 cm³/mol. The molecule has 0 radical (unpaired) electrons. The second-order valence-electron chi connectivity index (χ2n) is 6.50. The van der Waals surface area contributed by atoms with E-state index in [0.717, 1.165) is 0 Å². The summed E-state index contributed by atoms with van der Waals surface area (Å²) in [5.74, 6) is -0.735. The van der Waals surface area contributed by atoms with Crippen molar-refractivity contribution in [1.29, 1.82) is 0 Å². The zero-order chi connectivity index (χ0) is 21.3. The summed E-state index contributed by atoms with van der Waals surface area (Å²) >= 11 is 11.8. The summed E-state index contributed by atoms with van der Waals surface area (Å²) in [6.45, 7) is 1.69. The molecule has 0 aromatic heterocycles. The van der Waals surface area contributed by atoms with E-state index in [0.29, 0.717) is 26.3 Å². The summed E-state index contributed by atoms with van der Waals surface area (Å²) in [5.41, 5.74) is 0.943. The van der Waals surface area contributed by atoms with Crippen molar-refractivity contribution < 1.29 is 22.7 Å². The maximum atomic E-state index is 13.1. The van der Waals surface area contributed by atoms with Crippen molar-refractivity contribution >= 4 is 50.7 Å². The molecule has 1 saturated heterocycles. The van der Waals surface area contributed by atoms with Gasteiger partial charge >= 0.3 is 0 Å². The van der Waals surface area contributed by atoms with Gasteiger partial charge in [0.25, 0.3) is 10.0 Å². The third-order valence-corrected chi connectivity index (χ3v) is 7.14. The highest BCUT2D eigenvalue weighted by molar-refractivity contribution is 7.89. The second-order valence-corrected chi connectivity index (χ2v) is 9.13. The summed E-state index contributed by atoms with van der Waals surface area (Å²) in [5, 5.41) is 3.16. The van der Waals surface area contributed by atoms with Gasteiger partial charge in [0, 0.05) is 12.1 Å². The van der Waals surface area contributed by atoms with Gasteiger partial charge < -0.3 is 10.1 Å². The fraction of sp³-hybridized carbons (Fsp3) is 0.263. The van der Waals surface area contributed by atoms with Crippen LogP contribution in [0.1, 0.15) is 18.4 Å². The van der Waals surface area contributed by atoms with Crippen molar-refractivity contribution in [2.75, 3.05) is 12.4 Å². The monoisotopic (exact) mass is 456 g/mol. The number of hydrogen-bond donors (Lipinski definition) is 1. The van der Waals surface area contributed by atoms with E-state index in [1.807, 2.05) is 0 Å². The number of aryl methyl sites for hydroxylation is 1. The van der Waals surface area contributed by atoms with Gasteiger partial charge in [0.05, 0.1) is 22.1 Å². The number of halogens is 2. The molecule has 1 atom stereocenters. The minimum absolute atomic E-state index is 0.0478. The Morgan fingerprint density at radius 1 is 1.17 bits per heavy atom. The molecule has 2 aromatic carbocycles. The van der Waals surface area contributed by atoms with Crippen molar-refractivity contribution in [3.63, 3.8) is 0 Å². The Balaban J connectivity index is 1.90. The molecule has 1 aliphatic heterocycles. The van der Waals surface area contributed by atoms with Gasteiger partial charge in [-0.1, -0.05) is 23.2 Å². The Morgan fingerprint density at radius 3 is 2.52 bits per heavy atom. The minimum atomic E-state index is -4.22. The molecule has 3 rings (SSSR count). The van der Waals surface area contributed by atoms with Crippen LogP contribution in [-0.4, -0.2) is 37.7 Å². The first-order valence-electron chi connectivity index (χ1n) is 8.63. The van der Waals surface area contributed by atoms with Crippen LogP contribution in [0.5, 0.6) is 5.75 Å². The zero-order valence-corrected chi connectivity index (χ0v) is 17.9. The first kappa shape index (κ1) is 21.4. The lowest BCUT2D eigenvalue weighted by atomic mass is 10.2. The van der Waals surface area contributed by atoms with E-state index in [4.69, 9.17) is 27.9 Å². The van der Waals surface area contributed by atoms with E-state index >= 15 is 0 Å².